The van der Waals surface area contributed by atoms with Crippen molar-refractivity contribution in [3.8, 4) is 0 Å². The van der Waals surface area contributed by atoms with E-state index in [0.717, 1.165) is 43.6 Å². The normalized spacial score (nSPS) is 17.7. The first kappa shape index (κ1) is 18.9. The second kappa shape index (κ2) is 9.69. The van der Waals surface area contributed by atoms with Crippen LogP contribution < -0.4 is 5.32 Å². The number of hydrogen-bond acceptors (Lipinski definition) is 4. The number of rotatable bonds is 7. The molecule has 0 radical (unpaired) electrons. The highest BCUT2D eigenvalue weighted by atomic mass is 32.1. The van der Waals surface area contributed by atoms with E-state index in [4.69, 9.17) is 9.73 Å². The molecule has 1 aromatic heterocycles. The molecular weight excluding hydrogens is 344 g/mol. The number of thiazole rings is 1. The third-order valence-electron chi connectivity index (χ3n) is 4.44. The Hall–Kier alpha value is -1.92. The molecule has 0 saturated carbocycles. The van der Waals surface area contributed by atoms with Crippen molar-refractivity contribution >= 4 is 17.3 Å². The number of nitrogens with zero attached hydrogens (tertiary/aromatic N) is 3. The molecule has 1 aromatic carbocycles. The van der Waals surface area contributed by atoms with E-state index in [1.165, 1.54) is 10.4 Å². The second-order valence-electron chi connectivity index (χ2n) is 6.62. The zero-order chi connectivity index (χ0) is 18.2. The third kappa shape index (κ3) is 5.54. The Morgan fingerprint density at radius 3 is 2.96 bits per heavy atom. The molecule has 26 heavy (non-hydrogen) atoms. The average molecular weight is 373 g/mol. The van der Waals surface area contributed by atoms with Gasteiger partial charge in [0.1, 0.15) is 0 Å². The minimum Gasteiger partial charge on any atom is -0.376 e. The lowest BCUT2D eigenvalue weighted by molar-refractivity contribution is 0.0906. The van der Waals surface area contributed by atoms with Crippen molar-refractivity contribution < 1.29 is 4.74 Å². The van der Waals surface area contributed by atoms with Gasteiger partial charge in [-0.1, -0.05) is 30.3 Å². The van der Waals surface area contributed by atoms with Gasteiger partial charge in [0.15, 0.2) is 5.96 Å². The van der Waals surface area contributed by atoms with Gasteiger partial charge in [-0.3, -0.25) is 0 Å². The Morgan fingerprint density at radius 2 is 2.23 bits per heavy atom. The smallest absolute Gasteiger partial charge is 0.194 e. The number of ether oxygens (including phenoxy) is 1. The summed E-state index contributed by atoms with van der Waals surface area (Å²) in [5.41, 5.74) is 1.23. The van der Waals surface area contributed by atoms with Crippen LogP contribution in [0.4, 0.5) is 0 Å². The van der Waals surface area contributed by atoms with E-state index in [-0.39, 0.29) is 0 Å². The molecule has 1 unspecified atom stereocenters. The van der Waals surface area contributed by atoms with Crippen LogP contribution in [0.2, 0.25) is 0 Å². The number of aryl methyl sites for hydroxylation is 1. The van der Waals surface area contributed by atoms with E-state index in [1.807, 2.05) is 19.2 Å². The highest BCUT2D eigenvalue weighted by molar-refractivity contribution is 7.11. The van der Waals surface area contributed by atoms with E-state index in [9.17, 15) is 0 Å². The highest BCUT2D eigenvalue weighted by Gasteiger charge is 2.25. The Morgan fingerprint density at radius 1 is 1.38 bits per heavy atom. The highest BCUT2D eigenvalue weighted by Crippen LogP contribution is 2.18. The maximum atomic E-state index is 5.93. The Balaban J connectivity index is 1.48. The summed E-state index contributed by atoms with van der Waals surface area (Å²) in [6.07, 6.45) is 3.08. The van der Waals surface area contributed by atoms with Gasteiger partial charge in [0, 0.05) is 36.6 Å². The molecule has 1 aliphatic heterocycles. The Labute approximate surface area is 160 Å². The van der Waals surface area contributed by atoms with Gasteiger partial charge in [0.25, 0.3) is 0 Å². The Bertz CT molecular complexity index is 701. The lowest BCUT2D eigenvalue weighted by atomic mass is 10.1. The lowest BCUT2D eigenvalue weighted by Crippen LogP contribution is -2.40. The maximum absolute atomic E-state index is 5.93. The van der Waals surface area contributed by atoms with Gasteiger partial charge < -0.3 is 15.0 Å². The quantitative estimate of drug-likeness (QED) is 0.597. The summed E-state index contributed by atoms with van der Waals surface area (Å²) in [4.78, 5) is 12.7. The molecule has 0 amide bonds. The van der Waals surface area contributed by atoms with Crippen LogP contribution in [0.3, 0.4) is 0 Å². The van der Waals surface area contributed by atoms with Crippen LogP contribution >= 0.6 is 11.3 Å². The first-order chi connectivity index (χ1) is 12.7. The van der Waals surface area contributed by atoms with Gasteiger partial charge in [0.2, 0.25) is 0 Å². The summed E-state index contributed by atoms with van der Waals surface area (Å²) in [7, 11) is 0. The third-order valence-corrected chi connectivity index (χ3v) is 5.34. The summed E-state index contributed by atoms with van der Waals surface area (Å²) < 4.78 is 5.93. The largest absolute Gasteiger partial charge is 0.376 e. The van der Waals surface area contributed by atoms with Crippen LogP contribution in [0.1, 0.15) is 28.8 Å². The fraction of sp³-hybridized carbons (Fsp3) is 0.500. The van der Waals surface area contributed by atoms with Gasteiger partial charge >= 0.3 is 0 Å². The molecule has 3 rings (SSSR count). The fourth-order valence-electron chi connectivity index (χ4n) is 3.14. The van der Waals surface area contributed by atoms with Crippen LogP contribution in [0.5, 0.6) is 0 Å². The molecule has 6 heteroatoms. The van der Waals surface area contributed by atoms with Crippen LogP contribution in [0, 0.1) is 12.8 Å². The van der Waals surface area contributed by atoms with E-state index in [0.29, 0.717) is 19.1 Å². The van der Waals surface area contributed by atoms with E-state index < -0.39 is 0 Å². The average Bonchev–Trinajstić information content (AvgIpc) is 3.29. The second-order valence-corrected chi connectivity index (χ2v) is 7.94. The summed E-state index contributed by atoms with van der Waals surface area (Å²) in [6.45, 7) is 9.25. The van der Waals surface area contributed by atoms with E-state index in [1.54, 1.807) is 11.3 Å². The Kier molecular flexibility index (Phi) is 7.03. The van der Waals surface area contributed by atoms with Crippen molar-refractivity contribution in [2.24, 2.45) is 10.9 Å². The summed E-state index contributed by atoms with van der Waals surface area (Å²) in [5, 5.41) is 4.52. The van der Waals surface area contributed by atoms with Crippen LogP contribution in [-0.4, -0.2) is 42.1 Å². The van der Waals surface area contributed by atoms with Crippen molar-refractivity contribution in [2.75, 3.05) is 26.2 Å². The molecule has 140 valence electrons. The number of aromatic nitrogens is 1. The zero-order valence-corrected chi connectivity index (χ0v) is 16.5. The lowest BCUT2D eigenvalue weighted by Gasteiger charge is -2.21. The van der Waals surface area contributed by atoms with Gasteiger partial charge in [0.05, 0.1) is 24.8 Å². The molecule has 0 aliphatic carbocycles. The summed E-state index contributed by atoms with van der Waals surface area (Å²) in [5.74, 6) is 1.57. The van der Waals surface area contributed by atoms with E-state index >= 15 is 0 Å². The maximum Gasteiger partial charge on any atom is 0.194 e. The van der Waals surface area contributed by atoms with Crippen molar-refractivity contribution in [1.29, 1.82) is 0 Å². The standard InChI is InChI=1S/C20H28N4OS/c1-3-21-20(23-12-19-11-22-16(2)26-19)24-10-9-18(13-24)15-25-14-17-7-5-4-6-8-17/h4-8,11,18H,3,9-10,12-15H2,1-2H3,(H,21,23). The van der Waals surface area contributed by atoms with Gasteiger partial charge in [-0.25, -0.2) is 9.98 Å². The molecule has 2 heterocycles. The van der Waals surface area contributed by atoms with Crippen LogP contribution in [0.25, 0.3) is 0 Å². The zero-order valence-electron chi connectivity index (χ0n) is 15.6. The molecular formula is C20H28N4OS. The van der Waals surface area contributed by atoms with Crippen molar-refractivity contribution in [3.05, 3.63) is 52.0 Å². The minimum absolute atomic E-state index is 0.563. The first-order valence-corrected chi connectivity index (χ1v) is 10.1. The van der Waals surface area contributed by atoms with E-state index in [2.05, 4.69) is 46.4 Å². The van der Waals surface area contributed by atoms with Gasteiger partial charge in [-0.2, -0.15) is 0 Å². The monoisotopic (exact) mass is 372 g/mol. The van der Waals surface area contributed by atoms with Gasteiger partial charge in [-0.05, 0) is 25.8 Å². The molecule has 1 aliphatic rings. The SMILES string of the molecule is CCNC(=NCc1cnc(C)s1)N1CCC(COCc2ccccc2)C1. The number of aliphatic imine (C=N–C) groups is 1. The molecule has 1 N–H and O–H groups in total. The van der Waals surface area contributed by atoms with Crippen molar-refractivity contribution in [1.82, 2.24) is 15.2 Å². The van der Waals surface area contributed by atoms with Crippen molar-refractivity contribution in [2.45, 2.75) is 33.4 Å². The predicted octanol–water partition coefficient (Wildman–Crippen LogP) is 3.46. The number of benzene rings is 1. The summed E-state index contributed by atoms with van der Waals surface area (Å²) >= 11 is 1.72. The number of likely N-dealkylation sites (tertiary alicyclic amines) is 1. The molecule has 0 spiro atoms. The number of nitrogens with one attached hydrogen (secondary N) is 1. The van der Waals surface area contributed by atoms with Crippen LogP contribution in [0.15, 0.2) is 41.5 Å². The molecule has 2 aromatic rings. The minimum atomic E-state index is 0.563. The molecule has 1 saturated heterocycles. The fourth-order valence-corrected chi connectivity index (χ4v) is 3.86. The molecule has 1 fully saturated rings. The molecule has 0 bridgehead atoms. The number of hydrogen-bond donors (Lipinski definition) is 1. The topological polar surface area (TPSA) is 49.8 Å². The predicted molar refractivity (Wildman–Crippen MR) is 107 cm³/mol. The van der Waals surface area contributed by atoms with Gasteiger partial charge in [-0.15, -0.1) is 11.3 Å². The first-order valence-electron chi connectivity index (χ1n) is 9.31. The summed E-state index contributed by atoms with van der Waals surface area (Å²) in [6, 6.07) is 10.4. The molecule has 5 nitrogen and oxygen atoms in total. The van der Waals surface area contributed by atoms with Crippen molar-refractivity contribution in [3.63, 3.8) is 0 Å². The number of guanidine groups is 1. The van der Waals surface area contributed by atoms with Crippen LogP contribution in [-0.2, 0) is 17.9 Å². The molecule has 1 atom stereocenters.